The molecule has 10 heavy (non-hydrogen) atoms. The largest absolute Gasteiger partial charge is 0.120 e. The van der Waals surface area contributed by atoms with Gasteiger partial charge in [-0.25, -0.2) is 0 Å². The molecule has 0 aromatic carbocycles. The van der Waals surface area contributed by atoms with Crippen molar-refractivity contribution in [3.63, 3.8) is 0 Å². The van der Waals surface area contributed by atoms with Gasteiger partial charge in [0.1, 0.15) is 0 Å². The third-order valence-electron chi connectivity index (χ3n) is 0. The second-order valence-electron chi connectivity index (χ2n) is 4.13. The standard InChI is InChI=1S/C4H9Br.C4H9Cl/c2*1-4(2,3)5/h2*1-3H3. The highest BCUT2D eigenvalue weighted by molar-refractivity contribution is 9.10. The van der Waals surface area contributed by atoms with Crippen LogP contribution < -0.4 is 0 Å². The zero-order valence-corrected chi connectivity index (χ0v) is 10.1. The molecule has 0 saturated heterocycles. The maximum Gasteiger partial charge on any atom is 0.0362 e. The lowest BCUT2D eigenvalue weighted by atomic mass is 10.3. The minimum absolute atomic E-state index is 0.0278. The minimum atomic E-state index is -0.0278. The fourth-order valence-electron chi connectivity index (χ4n) is 0. The smallest absolute Gasteiger partial charge is 0.0362 e. The van der Waals surface area contributed by atoms with E-state index in [1.54, 1.807) is 0 Å². The summed E-state index contributed by atoms with van der Waals surface area (Å²) >= 11 is 8.91. The van der Waals surface area contributed by atoms with E-state index in [1.165, 1.54) is 0 Å². The summed E-state index contributed by atoms with van der Waals surface area (Å²) in [7, 11) is 0. The molecule has 0 heterocycles. The molecule has 0 bridgehead atoms. The normalized spacial score (nSPS) is 12.0. The second-order valence-corrected chi connectivity index (χ2v) is 7.65. The lowest BCUT2D eigenvalue weighted by Crippen LogP contribution is -1.99. The van der Waals surface area contributed by atoms with Crippen molar-refractivity contribution in [2.45, 2.75) is 50.7 Å². The monoisotopic (exact) mass is 228 g/mol. The highest BCUT2D eigenvalue weighted by atomic mass is 79.9. The minimum Gasteiger partial charge on any atom is -0.120 e. The Labute approximate surface area is 78.5 Å². The SMILES string of the molecule is CC(C)(C)Br.CC(C)(C)Cl. The van der Waals surface area contributed by atoms with Crippen molar-refractivity contribution < 1.29 is 0 Å². The molecule has 0 fully saturated rings. The molecular weight excluding hydrogens is 211 g/mol. The molecule has 0 radical (unpaired) electrons. The predicted molar refractivity (Wildman–Crippen MR) is 54.3 cm³/mol. The highest BCUT2D eigenvalue weighted by Crippen LogP contribution is 2.11. The average Bonchev–Trinajstić information content (AvgIpc) is 1.12. The average molecular weight is 230 g/mol. The number of alkyl halides is 2. The summed E-state index contributed by atoms with van der Waals surface area (Å²) in [6.07, 6.45) is 0. The number of rotatable bonds is 0. The summed E-state index contributed by atoms with van der Waals surface area (Å²) in [5, 5.41) is 0. The van der Waals surface area contributed by atoms with E-state index in [2.05, 4.69) is 36.7 Å². The number of halogens is 2. The van der Waals surface area contributed by atoms with Crippen molar-refractivity contribution in [2.75, 3.05) is 0 Å². The Balaban J connectivity index is 0. The molecule has 0 nitrogen and oxygen atoms in total. The second kappa shape index (κ2) is 4.61. The van der Waals surface area contributed by atoms with Gasteiger partial charge in [0.25, 0.3) is 0 Å². The Morgan fingerprint density at radius 1 is 0.900 bits per heavy atom. The van der Waals surface area contributed by atoms with Crippen LogP contribution in [0.2, 0.25) is 0 Å². The Kier molecular flexibility index (Phi) is 6.16. The molecular formula is C8H18BrCl. The Morgan fingerprint density at radius 2 is 0.900 bits per heavy atom. The van der Waals surface area contributed by atoms with Gasteiger partial charge in [0, 0.05) is 9.20 Å². The molecule has 0 unspecified atom stereocenters. The first kappa shape index (κ1) is 13.4. The van der Waals surface area contributed by atoms with Crippen LogP contribution >= 0.6 is 27.5 Å². The highest BCUT2D eigenvalue weighted by Gasteiger charge is 1.99. The van der Waals surface area contributed by atoms with Crippen molar-refractivity contribution in [1.29, 1.82) is 0 Å². The molecule has 0 rings (SSSR count). The van der Waals surface area contributed by atoms with E-state index in [1.807, 2.05) is 20.8 Å². The van der Waals surface area contributed by atoms with E-state index < -0.39 is 0 Å². The maximum absolute atomic E-state index is 5.53. The Bertz CT molecular complexity index is 52.2. The van der Waals surface area contributed by atoms with Crippen LogP contribution in [0.15, 0.2) is 0 Å². The van der Waals surface area contributed by atoms with Crippen molar-refractivity contribution in [2.24, 2.45) is 0 Å². The van der Waals surface area contributed by atoms with Crippen LogP contribution in [-0.2, 0) is 0 Å². The van der Waals surface area contributed by atoms with Crippen molar-refractivity contribution in [1.82, 2.24) is 0 Å². The van der Waals surface area contributed by atoms with Crippen molar-refractivity contribution in [3.05, 3.63) is 0 Å². The maximum atomic E-state index is 5.53. The molecule has 0 aliphatic heterocycles. The van der Waals surface area contributed by atoms with Crippen LogP contribution in [0.1, 0.15) is 41.5 Å². The van der Waals surface area contributed by atoms with Gasteiger partial charge < -0.3 is 0 Å². The Morgan fingerprint density at radius 3 is 0.900 bits per heavy atom. The van der Waals surface area contributed by atoms with Gasteiger partial charge in [-0.05, 0) is 20.8 Å². The fraction of sp³-hybridized carbons (Fsp3) is 1.00. The molecule has 2 heteroatoms. The third-order valence-corrected chi connectivity index (χ3v) is 0. The van der Waals surface area contributed by atoms with Crippen LogP contribution in [0.3, 0.4) is 0 Å². The number of hydrogen-bond donors (Lipinski definition) is 0. The lowest BCUT2D eigenvalue weighted by molar-refractivity contribution is 0.788. The van der Waals surface area contributed by atoms with E-state index in [0.29, 0.717) is 4.32 Å². The van der Waals surface area contributed by atoms with E-state index in [4.69, 9.17) is 11.6 Å². The molecule has 64 valence electrons. The van der Waals surface area contributed by atoms with Crippen molar-refractivity contribution in [3.8, 4) is 0 Å². The fourth-order valence-corrected chi connectivity index (χ4v) is 0. The Hall–Kier alpha value is 0.770. The summed E-state index contributed by atoms with van der Waals surface area (Å²) < 4.78 is 0.312. The molecule has 0 aliphatic rings. The van der Waals surface area contributed by atoms with E-state index in [9.17, 15) is 0 Å². The lowest BCUT2D eigenvalue weighted by Gasteiger charge is -2.02. The van der Waals surface area contributed by atoms with Gasteiger partial charge in [0.15, 0.2) is 0 Å². The van der Waals surface area contributed by atoms with Gasteiger partial charge in [-0.15, -0.1) is 11.6 Å². The topological polar surface area (TPSA) is 0 Å². The molecule has 0 aromatic rings. The molecule has 0 aliphatic carbocycles. The first-order chi connectivity index (χ1) is 4.00. The van der Waals surface area contributed by atoms with Gasteiger partial charge in [-0.3, -0.25) is 0 Å². The quantitative estimate of drug-likeness (QED) is 0.546. The third kappa shape index (κ3) is 893. The first-order valence-corrected chi connectivity index (χ1v) is 4.55. The summed E-state index contributed by atoms with van der Waals surface area (Å²) in [5.74, 6) is 0. The molecule has 0 saturated carbocycles. The van der Waals surface area contributed by atoms with Gasteiger partial charge in [0.05, 0.1) is 0 Å². The zero-order chi connectivity index (χ0) is 9.00. The van der Waals surface area contributed by atoms with E-state index in [0.717, 1.165) is 0 Å². The summed E-state index contributed by atoms with van der Waals surface area (Å²) in [4.78, 5) is -0.0278. The molecule has 0 spiro atoms. The first-order valence-electron chi connectivity index (χ1n) is 3.38. The van der Waals surface area contributed by atoms with E-state index in [-0.39, 0.29) is 4.87 Å². The molecule has 0 atom stereocenters. The van der Waals surface area contributed by atoms with Gasteiger partial charge in [0.2, 0.25) is 0 Å². The molecule has 0 N–H and O–H groups in total. The van der Waals surface area contributed by atoms with Crippen molar-refractivity contribution >= 4 is 27.5 Å². The van der Waals surface area contributed by atoms with Gasteiger partial charge in [-0.1, -0.05) is 36.7 Å². The van der Waals surface area contributed by atoms with Gasteiger partial charge >= 0.3 is 0 Å². The van der Waals surface area contributed by atoms with Gasteiger partial charge in [-0.2, -0.15) is 0 Å². The van der Waals surface area contributed by atoms with Crippen LogP contribution in [0, 0.1) is 0 Å². The van der Waals surface area contributed by atoms with E-state index >= 15 is 0 Å². The molecule has 0 aromatic heterocycles. The van der Waals surface area contributed by atoms with Crippen LogP contribution in [0.4, 0.5) is 0 Å². The molecule has 0 amide bonds. The number of hydrogen-bond acceptors (Lipinski definition) is 0. The summed E-state index contributed by atoms with van der Waals surface area (Å²) in [6, 6.07) is 0. The van der Waals surface area contributed by atoms with Crippen LogP contribution in [-0.4, -0.2) is 9.20 Å². The van der Waals surface area contributed by atoms with Crippen LogP contribution in [0.25, 0.3) is 0 Å². The predicted octanol–water partition coefficient (Wildman–Crippen LogP) is 4.20. The zero-order valence-electron chi connectivity index (χ0n) is 7.76. The summed E-state index contributed by atoms with van der Waals surface area (Å²) in [6.45, 7) is 12.2. The summed E-state index contributed by atoms with van der Waals surface area (Å²) in [5.41, 5.74) is 0. The van der Waals surface area contributed by atoms with Crippen LogP contribution in [0.5, 0.6) is 0 Å².